The topological polar surface area (TPSA) is 218 Å². The van der Waals surface area contributed by atoms with Gasteiger partial charge in [0.1, 0.15) is 11.6 Å². The van der Waals surface area contributed by atoms with Crippen molar-refractivity contribution in [3.63, 3.8) is 0 Å². The zero-order valence-electron chi connectivity index (χ0n) is 21.9. The highest BCUT2D eigenvalue weighted by Crippen LogP contribution is 2.40. The Morgan fingerprint density at radius 1 is 0.595 bits per heavy atom. The van der Waals surface area contributed by atoms with Gasteiger partial charge in [0.05, 0.1) is 31.8 Å². The minimum absolute atomic E-state index is 0.117. The molecule has 0 atom stereocenters. The fourth-order valence-corrected chi connectivity index (χ4v) is 4.50. The van der Waals surface area contributed by atoms with Crippen LogP contribution >= 0.6 is 0 Å². The SMILES string of the molecule is CC(C)(CCc1nc(N)nc(N)n1)C1OCC2(CO1)COC(C(C)(C)CCc1nc(N)nc(N)n1)OC2. The third-order valence-electron chi connectivity index (χ3n) is 6.86. The summed E-state index contributed by atoms with van der Waals surface area (Å²) in [5.41, 5.74) is 21.8. The third-order valence-corrected chi connectivity index (χ3v) is 6.86. The highest BCUT2D eigenvalue weighted by atomic mass is 16.7. The average Bonchev–Trinajstić information content (AvgIpc) is 2.81. The fraction of sp³-hybridized carbons (Fsp3) is 0.739. The molecule has 0 unspecified atom stereocenters. The van der Waals surface area contributed by atoms with Crippen LogP contribution in [0.1, 0.15) is 52.2 Å². The minimum atomic E-state index is -0.385. The van der Waals surface area contributed by atoms with Crippen molar-refractivity contribution in [2.24, 2.45) is 16.2 Å². The molecule has 2 aromatic rings. The quantitative estimate of drug-likeness (QED) is 0.379. The van der Waals surface area contributed by atoms with Crippen LogP contribution in [0.15, 0.2) is 0 Å². The Morgan fingerprint density at radius 2 is 0.892 bits per heavy atom. The summed E-state index contributed by atoms with van der Waals surface area (Å²) in [6, 6.07) is 0. The predicted octanol–water partition coefficient (Wildman–Crippen LogP) is 0.735. The van der Waals surface area contributed by atoms with Gasteiger partial charge in [0.2, 0.25) is 23.8 Å². The molecular weight excluding hydrogens is 480 g/mol. The van der Waals surface area contributed by atoms with Gasteiger partial charge >= 0.3 is 0 Å². The van der Waals surface area contributed by atoms with Crippen LogP contribution in [-0.2, 0) is 31.8 Å². The lowest BCUT2D eigenvalue weighted by Crippen LogP contribution is -2.56. The van der Waals surface area contributed by atoms with Gasteiger partial charge in [-0.25, -0.2) is 0 Å². The van der Waals surface area contributed by atoms with E-state index in [-0.39, 0.29) is 52.6 Å². The molecule has 37 heavy (non-hydrogen) atoms. The van der Waals surface area contributed by atoms with Gasteiger partial charge in [-0.1, -0.05) is 27.7 Å². The predicted molar refractivity (Wildman–Crippen MR) is 135 cm³/mol. The third kappa shape index (κ3) is 6.69. The number of hydrogen-bond donors (Lipinski definition) is 4. The lowest BCUT2D eigenvalue weighted by molar-refractivity contribution is -0.334. The van der Waals surface area contributed by atoms with Crippen LogP contribution in [0.3, 0.4) is 0 Å². The smallest absolute Gasteiger partial charge is 0.225 e. The summed E-state index contributed by atoms with van der Waals surface area (Å²) >= 11 is 0. The van der Waals surface area contributed by atoms with Gasteiger partial charge in [0, 0.05) is 23.7 Å². The molecule has 0 saturated carbocycles. The summed E-state index contributed by atoms with van der Waals surface area (Å²) in [6.07, 6.45) is 1.81. The average molecular weight is 519 g/mol. The molecule has 0 aliphatic carbocycles. The minimum Gasteiger partial charge on any atom is -0.368 e. The molecule has 2 aliphatic heterocycles. The van der Waals surface area contributed by atoms with E-state index in [1.807, 2.05) is 0 Å². The van der Waals surface area contributed by atoms with E-state index in [0.29, 0.717) is 50.9 Å². The number of anilines is 4. The molecule has 4 rings (SSSR count). The molecule has 14 heteroatoms. The van der Waals surface area contributed by atoms with E-state index in [0.717, 1.165) is 12.8 Å². The van der Waals surface area contributed by atoms with Gasteiger partial charge in [-0.15, -0.1) is 0 Å². The largest absolute Gasteiger partial charge is 0.368 e. The van der Waals surface area contributed by atoms with Crippen molar-refractivity contribution in [1.82, 2.24) is 29.9 Å². The van der Waals surface area contributed by atoms with Gasteiger partial charge in [-0.2, -0.15) is 29.9 Å². The second-order valence-corrected chi connectivity index (χ2v) is 11.3. The highest BCUT2D eigenvalue weighted by Gasteiger charge is 2.47. The van der Waals surface area contributed by atoms with Crippen molar-refractivity contribution in [2.45, 2.75) is 66.0 Å². The number of aryl methyl sites for hydroxylation is 2. The lowest BCUT2D eigenvalue weighted by Gasteiger charge is -2.49. The lowest BCUT2D eigenvalue weighted by atomic mass is 9.83. The maximum Gasteiger partial charge on any atom is 0.225 e. The zero-order chi connectivity index (χ0) is 26.8. The van der Waals surface area contributed by atoms with E-state index in [4.69, 9.17) is 41.9 Å². The summed E-state index contributed by atoms with van der Waals surface area (Å²) < 4.78 is 24.8. The molecule has 204 valence electrons. The van der Waals surface area contributed by atoms with Crippen LogP contribution in [0.2, 0.25) is 0 Å². The number of nitrogen functional groups attached to an aromatic ring is 4. The monoisotopic (exact) mass is 518 g/mol. The summed E-state index contributed by atoms with van der Waals surface area (Å²) in [5.74, 6) is 1.57. The summed E-state index contributed by atoms with van der Waals surface area (Å²) in [7, 11) is 0. The Hall–Kier alpha value is -2.94. The van der Waals surface area contributed by atoms with Crippen molar-refractivity contribution in [3.05, 3.63) is 11.6 Å². The molecule has 4 heterocycles. The number of nitrogens with zero attached hydrogens (tertiary/aromatic N) is 6. The molecule has 2 fully saturated rings. The first-order chi connectivity index (χ1) is 17.4. The Labute approximate surface area is 216 Å². The first-order valence-corrected chi connectivity index (χ1v) is 12.3. The van der Waals surface area contributed by atoms with Crippen LogP contribution in [0, 0.1) is 16.2 Å². The van der Waals surface area contributed by atoms with Crippen molar-refractivity contribution in [2.75, 3.05) is 49.4 Å². The molecule has 1 spiro atoms. The molecule has 0 bridgehead atoms. The van der Waals surface area contributed by atoms with Crippen LogP contribution in [0.4, 0.5) is 23.8 Å². The normalized spacial score (nSPS) is 24.9. The number of hydrogen-bond acceptors (Lipinski definition) is 14. The Bertz CT molecular complexity index is 954. The van der Waals surface area contributed by atoms with E-state index in [2.05, 4.69) is 57.6 Å². The van der Waals surface area contributed by atoms with Gasteiger partial charge in [0.25, 0.3) is 0 Å². The summed E-state index contributed by atoms with van der Waals surface area (Å²) in [4.78, 5) is 24.2. The van der Waals surface area contributed by atoms with E-state index in [1.165, 1.54) is 0 Å². The molecule has 2 aliphatic rings. The molecule has 8 N–H and O–H groups in total. The molecule has 0 amide bonds. The first kappa shape index (κ1) is 27.1. The van der Waals surface area contributed by atoms with Crippen molar-refractivity contribution >= 4 is 23.8 Å². The van der Waals surface area contributed by atoms with Crippen LogP contribution < -0.4 is 22.9 Å². The van der Waals surface area contributed by atoms with Crippen LogP contribution in [0.5, 0.6) is 0 Å². The molecule has 2 aromatic heterocycles. The maximum atomic E-state index is 6.19. The van der Waals surface area contributed by atoms with Crippen molar-refractivity contribution in [1.29, 1.82) is 0 Å². The summed E-state index contributed by atoms with van der Waals surface area (Å²) in [5, 5.41) is 0. The van der Waals surface area contributed by atoms with Crippen LogP contribution in [0.25, 0.3) is 0 Å². The van der Waals surface area contributed by atoms with E-state index < -0.39 is 0 Å². The first-order valence-electron chi connectivity index (χ1n) is 12.3. The standard InChI is InChI=1S/C23H38N10O4/c1-21(2,7-5-13-28-17(24)32-18(25)29-13)15-34-9-23(10-35-15)11-36-16(37-12-23)22(3,4)8-6-14-30-19(26)33-20(27)31-14/h15-16H,5-12H2,1-4H3,(H4,24,25,28,29,32)(H4,26,27,30,31,33). The van der Waals surface area contributed by atoms with Gasteiger partial charge in [-0.3, -0.25) is 0 Å². The number of aromatic nitrogens is 6. The summed E-state index contributed by atoms with van der Waals surface area (Å²) in [6.45, 7) is 10.3. The fourth-order valence-electron chi connectivity index (χ4n) is 4.50. The molecule has 0 radical (unpaired) electrons. The Balaban J connectivity index is 1.25. The highest BCUT2D eigenvalue weighted by molar-refractivity contribution is 5.26. The van der Waals surface area contributed by atoms with Crippen molar-refractivity contribution in [3.8, 4) is 0 Å². The number of rotatable bonds is 8. The second-order valence-electron chi connectivity index (χ2n) is 11.3. The molecule has 14 nitrogen and oxygen atoms in total. The Morgan fingerprint density at radius 3 is 1.19 bits per heavy atom. The zero-order valence-corrected chi connectivity index (χ0v) is 21.9. The molecular formula is C23H38N10O4. The number of ether oxygens (including phenoxy) is 4. The van der Waals surface area contributed by atoms with Gasteiger partial charge < -0.3 is 41.9 Å². The van der Waals surface area contributed by atoms with E-state index in [1.54, 1.807) is 0 Å². The molecule has 2 saturated heterocycles. The van der Waals surface area contributed by atoms with Gasteiger partial charge in [-0.05, 0) is 12.8 Å². The molecule has 0 aromatic carbocycles. The van der Waals surface area contributed by atoms with Crippen LogP contribution in [-0.4, -0.2) is 68.9 Å². The second kappa shape index (κ2) is 10.4. The van der Waals surface area contributed by atoms with E-state index in [9.17, 15) is 0 Å². The van der Waals surface area contributed by atoms with Crippen molar-refractivity contribution < 1.29 is 18.9 Å². The number of nitrogens with two attached hydrogens (primary N) is 4. The Kier molecular flexibility index (Phi) is 7.65. The van der Waals surface area contributed by atoms with Gasteiger partial charge in [0.15, 0.2) is 12.6 Å². The maximum absolute atomic E-state index is 6.19. The van der Waals surface area contributed by atoms with E-state index >= 15 is 0 Å².